The largest absolute Gasteiger partial charge is 0.373 e. The molecule has 1 saturated heterocycles. The number of amides is 2. The number of nitrogens with one attached hydrogen (secondary N) is 2. The van der Waals surface area contributed by atoms with E-state index < -0.39 is 17.6 Å². The lowest BCUT2D eigenvalue weighted by molar-refractivity contribution is -0.144. The van der Waals surface area contributed by atoms with Crippen molar-refractivity contribution in [3.8, 4) is 22.8 Å². The molecule has 1 aliphatic heterocycles. The third kappa shape index (κ3) is 3.89. The predicted molar refractivity (Wildman–Crippen MR) is 114 cm³/mol. The second-order valence-electron chi connectivity index (χ2n) is 7.57. The van der Waals surface area contributed by atoms with Crippen LogP contribution in [0, 0.1) is 0 Å². The summed E-state index contributed by atoms with van der Waals surface area (Å²) in [7, 11) is 3.19. The van der Waals surface area contributed by atoms with E-state index in [1.54, 1.807) is 51.5 Å². The molecule has 1 aliphatic rings. The van der Waals surface area contributed by atoms with Gasteiger partial charge < -0.3 is 25.2 Å². The smallest absolute Gasteiger partial charge is 0.262 e. The Morgan fingerprint density at radius 1 is 1.22 bits per heavy atom. The van der Waals surface area contributed by atoms with Gasteiger partial charge in [-0.3, -0.25) is 9.59 Å². The Morgan fingerprint density at radius 2 is 1.94 bits per heavy atom. The molecule has 0 spiro atoms. The van der Waals surface area contributed by atoms with Crippen LogP contribution >= 0.6 is 0 Å². The number of likely N-dealkylation sites (tertiary alicyclic amines) is 1. The quantitative estimate of drug-likeness (QED) is 0.509. The van der Waals surface area contributed by atoms with Gasteiger partial charge in [0.25, 0.3) is 5.91 Å². The van der Waals surface area contributed by atoms with E-state index in [-0.39, 0.29) is 18.1 Å². The molecule has 0 bridgehead atoms. The number of nitrogens with zero attached hydrogens (tertiary/aromatic N) is 5. The average Bonchev–Trinajstić information content (AvgIpc) is 3.41. The Balaban J connectivity index is 1.59. The molecule has 4 heterocycles. The second kappa shape index (κ2) is 8.35. The summed E-state index contributed by atoms with van der Waals surface area (Å²) in [5.74, 6) is -0.227. The number of rotatable bonds is 6. The van der Waals surface area contributed by atoms with Gasteiger partial charge in [-0.05, 0) is 25.1 Å². The van der Waals surface area contributed by atoms with E-state index in [0.29, 0.717) is 35.3 Å². The number of pyridine rings is 1. The van der Waals surface area contributed by atoms with Gasteiger partial charge in [-0.2, -0.15) is 0 Å². The van der Waals surface area contributed by atoms with Gasteiger partial charge in [0.1, 0.15) is 11.7 Å². The minimum atomic E-state index is -1.72. The molecule has 11 heteroatoms. The molecule has 11 nitrogen and oxygen atoms in total. The number of aromatic nitrogens is 4. The summed E-state index contributed by atoms with van der Waals surface area (Å²) in [5, 5.41) is 20.3. The average molecular weight is 437 g/mol. The minimum absolute atomic E-state index is 0.0887. The zero-order valence-electron chi connectivity index (χ0n) is 17.9. The summed E-state index contributed by atoms with van der Waals surface area (Å²) < 4.78 is 5.31. The van der Waals surface area contributed by atoms with E-state index in [2.05, 4.69) is 30.7 Å². The number of hydrogen-bond donors (Lipinski definition) is 3. The number of hydrogen-bond acceptors (Lipinski definition) is 9. The van der Waals surface area contributed by atoms with Gasteiger partial charge in [-0.25, -0.2) is 15.0 Å². The van der Waals surface area contributed by atoms with Crippen LogP contribution in [0.2, 0.25) is 0 Å². The maximum Gasteiger partial charge on any atom is 0.262 e. The molecule has 1 fully saturated rings. The van der Waals surface area contributed by atoms with Crippen molar-refractivity contribution in [2.24, 2.45) is 0 Å². The van der Waals surface area contributed by atoms with Crippen LogP contribution in [0.15, 0.2) is 41.1 Å². The standard InChI is InChI=1S/C21H23N7O4/c1-12(18(29)22-2)24-20-23-9-7-15(26-20)13-5-4-6-14(25-13)16-11-17(32-27-16)21(31)8-10-28(3)19(21)30/h4-7,9,11-12,31H,8,10H2,1-3H3,(H,22,29)(H,23,24,26). The van der Waals surface area contributed by atoms with Gasteiger partial charge in [0.2, 0.25) is 17.5 Å². The SMILES string of the molecule is CNC(=O)C(C)Nc1nccc(-c2cccc(-c3cc(C4(O)CCN(C)C4=O)on3)n2)n1. The van der Waals surface area contributed by atoms with Crippen LogP contribution in [0.3, 0.4) is 0 Å². The third-order valence-electron chi connectivity index (χ3n) is 5.34. The molecule has 0 aliphatic carbocycles. The Bertz CT molecular complexity index is 1160. The van der Waals surface area contributed by atoms with Gasteiger partial charge in [0, 0.05) is 39.3 Å². The first-order chi connectivity index (χ1) is 15.3. The number of carbonyl (C=O) groups excluding carboxylic acids is 2. The van der Waals surface area contributed by atoms with Crippen molar-refractivity contribution >= 4 is 17.8 Å². The topological polar surface area (TPSA) is 146 Å². The molecule has 0 radical (unpaired) electrons. The summed E-state index contributed by atoms with van der Waals surface area (Å²) in [6, 6.07) is 8.03. The van der Waals surface area contributed by atoms with Crippen LogP contribution in [0.1, 0.15) is 19.1 Å². The first-order valence-electron chi connectivity index (χ1n) is 10.1. The number of carbonyl (C=O) groups is 2. The maximum absolute atomic E-state index is 12.3. The first-order valence-corrected chi connectivity index (χ1v) is 10.1. The van der Waals surface area contributed by atoms with Crippen LogP contribution in [0.4, 0.5) is 5.95 Å². The Hall–Kier alpha value is -3.86. The zero-order chi connectivity index (χ0) is 22.9. The molecule has 0 aromatic carbocycles. The highest BCUT2D eigenvalue weighted by Crippen LogP contribution is 2.34. The monoisotopic (exact) mass is 437 g/mol. The Labute approximate surface area is 183 Å². The molecule has 4 rings (SSSR count). The van der Waals surface area contributed by atoms with Gasteiger partial charge in [-0.1, -0.05) is 11.2 Å². The van der Waals surface area contributed by atoms with Gasteiger partial charge in [-0.15, -0.1) is 0 Å². The lowest BCUT2D eigenvalue weighted by atomic mass is 9.98. The highest BCUT2D eigenvalue weighted by molar-refractivity contribution is 5.87. The van der Waals surface area contributed by atoms with E-state index in [9.17, 15) is 14.7 Å². The van der Waals surface area contributed by atoms with E-state index >= 15 is 0 Å². The molecule has 2 amide bonds. The number of aliphatic hydroxyl groups is 1. The molecule has 3 aromatic rings. The van der Waals surface area contributed by atoms with Crippen molar-refractivity contribution in [1.29, 1.82) is 0 Å². The number of anilines is 1. The van der Waals surface area contributed by atoms with E-state index in [1.165, 1.54) is 11.0 Å². The van der Waals surface area contributed by atoms with Crippen molar-refractivity contribution in [2.45, 2.75) is 25.0 Å². The molecular formula is C21H23N7O4. The molecule has 0 saturated carbocycles. The van der Waals surface area contributed by atoms with Crippen molar-refractivity contribution in [3.05, 3.63) is 42.3 Å². The molecule has 2 unspecified atom stereocenters. The van der Waals surface area contributed by atoms with Gasteiger partial charge in [0.15, 0.2) is 5.76 Å². The van der Waals surface area contributed by atoms with E-state index in [1.807, 2.05) is 0 Å². The van der Waals surface area contributed by atoms with Crippen molar-refractivity contribution < 1.29 is 19.2 Å². The Kier molecular flexibility index (Phi) is 5.57. The van der Waals surface area contributed by atoms with Gasteiger partial charge >= 0.3 is 0 Å². The molecular weight excluding hydrogens is 414 g/mol. The summed E-state index contributed by atoms with van der Waals surface area (Å²) in [4.78, 5) is 38.7. The molecule has 32 heavy (non-hydrogen) atoms. The third-order valence-corrected chi connectivity index (χ3v) is 5.34. The summed E-state index contributed by atoms with van der Waals surface area (Å²) in [6.45, 7) is 2.14. The summed E-state index contributed by atoms with van der Waals surface area (Å²) in [6.07, 6.45) is 1.80. The number of likely N-dealkylation sites (N-methyl/N-ethyl adjacent to an activating group) is 2. The fraction of sp³-hybridized carbons (Fsp3) is 0.333. The van der Waals surface area contributed by atoms with E-state index in [4.69, 9.17) is 4.52 Å². The van der Waals surface area contributed by atoms with Crippen LogP contribution in [0.25, 0.3) is 22.8 Å². The van der Waals surface area contributed by atoms with Crippen LogP contribution in [-0.2, 0) is 15.2 Å². The van der Waals surface area contributed by atoms with E-state index in [0.717, 1.165) is 0 Å². The molecule has 166 valence electrons. The second-order valence-corrected chi connectivity index (χ2v) is 7.57. The first kappa shape index (κ1) is 21.4. The van der Waals surface area contributed by atoms with Crippen molar-refractivity contribution in [2.75, 3.05) is 26.0 Å². The predicted octanol–water partition coefficient (Wildman–Crippen LogP) is 0.790. The Morgan fingerprint density at radius 3 is 2.62 bits per heavy atom. The minimum Gasteiger partial charge on any atom is -0.373 e. The lowest BCUT2D eigenvalue weighted by Crippen LogP contribution is -2.35. The van der Waals surface area contributed by atoms with Crippen LogP contribution < -0.4 is 10.6 Å². The summed E-state index contributed by atoms with van der Waals surface area (Å²) in [5.41, 5.74) is 0.265. The van der Waals surface area contributed by atoms with Crippen molar-refractivity contribution in [3.63, 3.8) is 0 Å². The van der Waals surface area contributed by atoms with Crippen LogP contribution in [0.5, 0.6) is 0 Å². The highest BCUT2D eigenvalue weighted by Gasteiger charge is 2.48. The molecule has 3 aromatic heterocycles. The fourth-order valence-electron chi connectivity index (χ4n) is 3.44. The van der Waals surface area contributed by atoms with Gasteiger partial charge in [0.05, 0.1) is 17.1 Å². The highest BCUT2D eigenvalue weighted by atomic mass is 16.5. The molecule has 3 N–H and O–H groups in total. The maximum atomic E-state index is 12.3. The lowest BCUT2D eigenvalue weighted by Gasteiger charge is -2.16. The van der Waals surface area contributed by atoms with Crippen LogP contribution in [-0.4, -0.2) is 68.6 Å². The normalized spacial score (nSPS) is 19.1. The zero-order valence-corrected chi connectivity index (χ0v) is 17.9. The fourth-order valence-corrected chi connectivity index (χ4v) is 3.44. The molecule has 2 atom stereocenters. The van der Waals surface area contributed by atoms with Crippen molar-refractivity contribution in [1.82, 2.24) is 30.3 Å². The summed E-state index contributed by atoms with van der Waals surface area (Å²) >= 11 is 0.